The van der Waals surface area contributed by atoms with E-state index in [1.54, 1.807) is 7.11 Å². The molecule has 0 aromatic heterocycles. The summed E-state index contributed by atoms with van der Waals surface area (Å²) in [6.07, 6.45) is 0. The Balaban J connectivity index is 0.000000444. The Bertz CT molecular complexity index is 508. The predicted molar refractivity (Wildman–Crippen MR) is 115 cm³/mol. The summed E-state index contributed by atoms with van der Waals surface area (Å²) in [4.78, 5) is 4.91. The Morgan fingerprint density at radius 3 is 1.62 bits per heavy atom. The Morgan fingerprint density at radius 2 is 1.19 bits per heavy atom. The zero-order chi connectivity index (χ0) is 19.6. The smallest absolute Gasteiger partial charge is 0.118 e. The van der Waals surface area contributed by atoms with Crippen molar-refractivity contribution in [2.45, 2.75) is 34.2 Å². The molecule has 1 fully saturated rings. The lowest BCUT2D eigenvalue weighted by Crippen LogP contribution is -2.43. The molecule has 0 spiro atoms. The van der Waals surface area contributed by atoms with Crippen molar-refractivity contribution in [2.24, 2.45) is 0 Å². The van der Waals surface area contributed by atoms with Crippen molar-refractivity contribution in [3.8, 4) is 5.75 Å². The summed E-state index contributed by atoms with van der Waals surface area (Å²) in [6.45, 7) is 13.9. The maximum Gasteiger partial charge on any atom is 0.118 e. The highest BCUT2D eigenvalue weighted by Crippen LogP contribution is 2.07. The van der Waals surface area contributed by atoms with Crippen LogP contribution in [0.15, 0.2) is 60.7 Å². The van der Waals surface area contributed by atoms with Gasteiger partial charge in [0.1, 0.15) is 5.75 Å². The molecule has 0 aliphatic carbocycles. The molecule has 2 aromatic rings. The summed E-state index contributed by atoms with van der Waals surface area (Å²) >= 11 is 0. The van der Waals surface area contributed by atoms with Crippen LogP contribution in [0.1, 0.15) is 33.3 Å². The van der Waals surface area contributed by atoms with Crippen LogP contribution in [-0.4, -0.2) is 50.1 Å². The summed E-state index contributed by atoms with van der Waals surface area (Å²) in [7, 11) is 3.86. The maximum absolute atomic E-state index is 4.91. The third-order valence-corrected chi connectivity index (χ3v) is 3.82. The van der Waals surface area contributed by atoms with E-state index in [9.17, 15) is 0 Å². The third-order valence-electron chi connectivity index (χ3n) is 3.82. The van der Waals surface area contributed by atoms with Crippen LogP contribution in [0.2, 0.25) is 0 Å². The minimum absolute atomic E-state index is 0.910. The number of likely N-dealkylation sites (N-methyl/N-ethyl adjacent to an activating group) is 1. The fraction of sp³-hybridized carbons (Fsp3) is 0.478. The van der Waals surface area contributed by atoms with Gasteiger partial charge in [0.05, 0.1) is 7.11 Å². The number of methoxy groups -OCH3 is 1. The van der Waals surface area contributed by atoms with Crippen molar-refractivity contribution >= 4 is 0 Å². The zero-order valence-corrected chi connectivity index (χ0v) is 17.6. The van der Waals surface area contributed by atoms with E-state index in [1.807, 2.05) is 58.0 Å². The average molecular weight is 359 g/mol. The molecule has 3 nitrogen and oxygen atoms in total. The van der Waals surface area contributed by atoms with Gasteiger partial charge >= 0.3 is 0 Å². The molecule has 1 heterocycles. The second-order valence-corrected chi connectivity index (χ2v) is 5.58. The Labute approximate surface area is 161 Å². The molecule has 26 heavy (non-hydrogen) atoms. The van der Waals surface area contributed by atoms with Gasteiger partial charge < -0.3 is 9.64 Å². The SMILES string of the molecule is CC.CC.CN1CCN(Cc2ccccc2)CC1.COc1ccccc1. The van der Waals surface area contributed by atoms with E-state index in [-0.39, 0.29) is 0 Å². The molecular formula is C23H38N2O. The van der Waals surface area contributed by atoms with E-state index in [2.05, 4.69) is 47.2 Å². The fourth-order valence-electron chi connectivity index (χ4n) is 2.40. The van der Waals surface area contributed by atoms with Crippen LogP contribution in [0.4, 0.5) is 0 Å². The first-order valence-electron chi connectivity index (χ1n) is 9.82. The standard InChI is InChI=1S/C12H18N2.C7H8O.2C2H6/c1-13-7-9-14(10-8-13)11-12-5-3-2-4-6-12;1-8-7-5-3-2-4-6-7;2*1-2/h2-6H,7-11H2,1H3;2-6H,1H3;2*1-2H3. The van der Waals surface area contributed by atoms with Crippen molar-refractivity contribution in [3.05, 3.63) is 66.2 Å². The molecular weight excluding hydrogens is 320 g/mol. The maximum atomic E-state index is 4.91. The molecule has 0 amide bonds. The lowest BCUT2D eigenvalue weighted by atomic mass is 10.2. The Morgan fingerprint density at radius 1 is 0.731 bits per heavy atom. The van der Waals surface area contributed by atoms with Crippen molar-refractivity contribution in [1.29, 1.82) is 0 Å². The van der Waals surface area contributed by atoms with Gasteiger partial charge in [-0.25, -0.2) is 0 Å². The van der Waals surface area contributed by atoms with Gasteiger partial charge in [0.25, 0.3) is 0 Å². The number of nitrogens with zero attached hydrogens (tertiary/aromatic N) is 2. The molecule has 146 valence electrons. The second kappa shape index (κ2) is 16.6. The summed E-state index contributed by atoms with van der Waals surface area (Å²) in [6, 6.07) is 20.4. The molecule has 3 heteroatoms. The molecule has 1 aliphatic heterocycles. The van der Waals surface area contributed by atoms with Gasteiger partial charge in [-0.3, -0.25) is 4.90 Å². The van der Waals surface area contributed by atoms with Gasteiger partial charge in [-0.2, -0.15) is 0 Å². The lowest BCUT2D eigenvalue weighted by Gasteiger charge is -2.32. The van der Waals surface area contributed by atoms with Gasteiger partial charge in [-0.05, 0) is 24.7 Å². The lowest BCUT2D eigenvalue weighted by molar-refractivity contribution is 0.148. The van der Waals surface area contributed by atoms with Crippen LogP contribution < -0.4 is 4.74 Å². The highest BCUT2D eigenvalue weighted by Gasteiger charge is 2.13. The number of hydrogen-bond donors (Lipinski definition) is 0. The molecule has 2 aromatic carbocycles. The molecule has 1 saturated heterocycles. The van der Waals surface area contributed by atoms with E-state index in [0.29, 0.717) is 0 Å². The van der Waals surface area contributed by atoms with E-state index in [1.165, 1.54) is 31.7 Å². The number of para-hydroxylation sites is 1. The van der Waals surface area contributed by atoms with Gasteiger partial charge in [0.15, 0.2) is 0 Å². The van der Waals surface area contributed by atoms with Gasteiger partial charge in [0, 0.05) is 32.7 Å². The fourth-order valence-corrected chi connectivity index (χ4v) is 2.40. The van der Waals surface area contributed by atoms with Crippen molar-refractivity contribution < 1.29 is 4.74 Å². The van der Waals surface area contributed by atoms with Crippen LogP contribution in [-0.2, 0) is 6.54 Å². The van der Waals surface area contributed by atoms with Crippen molar-refractivity contribution in [1.82, 2.24) is 9.80 Å². The van der Waals surface area contributed by atoms with Gasteiger partial charge in [0.2, 0.25) is 0 Å². The number of rotatable bonds is 3. The summed E-state index contributed by atoms with van der Waals surface area (Å²) in [5.41, 5.74) is 1.43. The van der Waals surface area contributed by atoms with Crippen LogP contribution in [0.5, 0.6) is 5.75 Å². The zero-order valence-electron chi connectivity index (χ0n) is 17.6. The van der Waals surface area contributed by atoms with E-state index < -0.39 is 0 Å². The summed E-state index contributed by atoms with van der Waals surface area (Å²) in [5, 5.41) is 0. The largest absolute Gasteiger partial charge is 0.497 e. The third kappa shape index (κ3) is 10.9. The molecule has 0 N–H and O–H groups in total. The number of piperazine rings is 1. The number of benzene rings is 2. The minimum Gasteiger partial charge on any atom is -0.497 e. The molecule has 1 aliphatic rings. The minimum atomic E-state index is 0.910. The first kappa shape index (κ1) is 24.2. The van der Waals surface area contributed by atoms with Gasteiger partial charge in [-0.15, -0.1) is 0 Å². The topological polar surface area (TPSA) is 15.7 Å². The molecule has 0 atom stereocenters. The highest BCUT2D eigenvalue weighted by atomic mass is 16.5. The molecule has 0 bridgehead atoms. The second-order valence-electron chi connectivity index (χ2n) is 5.58. The van der Waals surface area contributed by atoms with Crippen LogP contribution in [0, 0.1) is 0 Å². The molecule has 0 unspecified atom stereocenters. The Hall–Kier alpha value is -1.84. The van der Waals surface area contributed by atoms with Crippen LogP contribution >= 0.6 is 0 Å². The highest BCUT2D eigenvalue weighted by molar-refractivity contribution is 5.20. The van der Waals surface area contributed by atoms with Crippen LogP contribution in [0.25, 0.3) is 0 Å². The number of ether oxygens (including phenoxy) is 1. The molecule has 0 radical (unpaired) electrons. The predicted octanol–water partition coefficient (Wildman–Crippen LogP) is 5.18. The molecule has 0 saturated carbocycles. The normalized spacial score (nSPS) is 13.8. The van der Waals surface area contributed by atoms with Crippen molar-refractivity contribution in [3.63, 3.8) is 0 Å². The average Bonchev–Trinajstić information content (AvgIpc) is 2.74. The number of hydrogen-bond acceptors (Lipinski definition) is 3. The Kier molecular flexibility index (Phi) is 15.4. The summed E-state index contributed by atoms with van der Waals surface area (Å²) < 4.78 is 4.91. The van der Waals surface area contributed by atoms with Crippen LogP contribution in [0.3, 0.4) is 0 Å². The van der Waals surface area contributed by atoms with Gasteiger partial charge in [-0.1, -0.05) is 76.2 Å². The monoisotopic (exact) mass is 358 g/mol. The summed E-state index contributed by atoms with van der Waals surface area (Å²) in [5.74, 6) is 0.910. The van der Waals surface area contributed by atoms with E-state index >= 15 is 0 Å². The van der Waals surface area contributed by atoms with E-state index in [0.717, 1.165) is 12.3 Å². The first-order chi connectivity index (χ1) is 12.8. The first-order valence-corrected chi connectivity index (χ1v) is 9.82. The van der Waals surface area contributed by atoms with E-state index in [4.69, 9.17) is 4.74 Å². The molecule has 3 rings (SSSR count). The van der Waals surface area contributed by atoms with Crippen molar-refractivity contribution in [2.75, 3.05) is 40.3 Å². The quantitative estimate of drug-likeness (QED) is 0.752.